The summed E-state index contributed by atoms with van der Waals surface area (Å²) in [7, 11) is 3.65. The quantitative estimate of drug-likeness (QED) is 0.816. The summed E-state index contributed by atoms with van der Waals surface area (Å²) in [6.45, 7) is 4.17. The molecule has 0 aromatic heterocycles. The second-order valence-electron chi connectivity index (χ2n) is 5.03. The molecule has 0 aliphatic heterocycles. The minimum atomic E-state index is 0.0323. The van der Waals surface area contributed by atoms with E-state index in [1.54, 1.807) is 7.11 Å². The van der Waals surface area contributed by atoms with E-state index in [-0.39, 0.29) is 6.04 Å². The standard InChI is InChI=1S/C17H19BrClNO/c1-10-5-7-13(17(21-4)11(10)2)16(20-3)12-6-8-14(18)15(19)9-12/h5-9,16,20H,1-4H3. The van der Waals surface area contributed by atoms with Gasteiger partial charge in [0.2, 0.25) is 0 Å². The molecule has 0 saturated carbocycles. The molecule has 4 heteroatoms. The fraction of sp³-hybridized carbons (Fsp3) is 0.294. The van der Waals surface area contributed by atoms with Gasteiger partial charge in [0.25, 0.3) is 0 Å². The van der Waals surface area contributed by atoms with E-state index in [4.69, 9.17) is 16.3 Å². The van der Waals surface area contributed by atoms with Gasteiger partial charge in [-0.25, -0.2) is 0 Å². The highest BCUT2D eigenvalue weighted by Gasteiger charge is 2.19. The molecule has 1 atom stereocenters. The molecule has 21 heavy (non-hydrogen) atoms. The van der Waals surface area contributed by atoms with Crippen LogP contribution < -0.4 is 10.1 Å². The topological polar surface area (TPSA) is 21.3 Å². The number of nitrogens with one attached hydrogen (secondary N) is 1. The van der Waals surface area contributed by atoms with Crippen molar-refractivity contribution in [1.82, 2.24) is 5.32 Å². The molecule has 0 aliphatic carbocycles. The third-order valence-electron chi connectivity index (χ3n) is 3.79. The van der Waals surface area contributed by atoms with E-state index in [1.807, 2.05) is 19.2 Å². The summed E-state index contributed by atoms with van der Waals surface area (Å²) in [5, 5.41) is 4.05. The molecular formula is C17H19BrClNO. The molecule has 0 bridgehead atoms. The lowest BCUT2D eigenvalue weighted by molar-refractivity contribution is 0.402. The Morgan fingerprint density at radius 3 is 2.48 bits per heavy atom. The van der Waals surface area contributed by atoms with Gasteiger partial charge in [0.1, 0.15) is 5.75 Å². The lowest BCUT2D eigenvalue weighted by Crippen LogP contribution is -2.19. The van der Waals surface area contributed by atoms with Crippen molar-refractivity contribution in [1.29, 1.82) is 0 Å². The number of halogens is 2. The van der Waals surface area contributed by atoms with Gasteiger partial charge in [0.15, 0.2) is 0 Å². The Bertz CT molecular complexity index is 657. The number of benzene rings is 2. The average molecular weight is 369 g/mol. The van der Waals surface area contributed by atoms with Crippen LogP contribution in [-0.2, 0) is 0 Å². The zero-order chi connectivity index (χ0) is 15.6. The van der Waals surface area contributed by atoms with Crippen molar-refractivity contribution < 1.29 is 4.74 Å². The van der Waals surface area contributed by atoms with Gasteiger partial charge < -0.3 is 10.1 Å². The minimum absolute atomic E-state index is 0.0323. The van der Waals surface area contributed by atoms with Crippen LogP contribution in [0.15, 0.2) is 34.8 Å². The first-order valence-electron chi connectivity index (χ1n) is 6.76. The fourth-order valence-electron chi connectivity index (χ4n) is 2.50. The zero-order valence-electron chi connectivity index (χ0n) is 12.6. The molecule has 1 N–H and O–H groups in total. The molecule has 0 radical (unpaired) electrons. The van der Waals surface area contributed by atoms with Crippen LogP contribution in [0, 0.1) is 13.8 Å². The Hall–Kier alpha value is -1.03. The van der Waals surface area contributed by atoms with Gasteiger partial charge in [0.05, 0.1) is 18.2 Å². The number of rotatable bonds is 4. The van der Waals surface area contributed by atoms with E-state index in [2.05, 4.69) is 53.3 Å². The Labute approximate surface area is 139 Å². The predicted octanol–water partition coefficient (Wildman–Crippen LogP) is 5.04. The highest BCUT2D eigenvalue weighted by Crippen LogP contribution is 2.35. The summed E-state index contributed by atoms with van der Waals surface area (Å²) in [5.74, 6) is 0.924. The number of methoxy groups -OCH3 is 1. The van der Waals surface area contributed by atoms with E-state index in [1.165, 1.54) is 11.1 Å². The number of aryl methyl sites for hydroxylation is 1. The third kappa shape index (κ3) is 3.25. The Balaban J connectivity index is 2.56. The number of hydrogen-bond donors (Lipinski definition) is 1. The molecule has 1 unspecified atom stereocenters. The van der Waals surface area contributed by atoms with Crippen molar-refractivity contribution in [3.05, 3.63) is 62.1 Å². The van der Waals surface area contributed by atoms with Gasteiger partial charge in [-0.2, -0.15) is 0 Å². The predicted molar refractivity (Wildman–Crippen MR) is 92.5 cm³/mol. The van der Waals surface area contributed by atoms with E-state index < -0.39 is 0 Å². The van der Waals surface area contributed by atoms with Crippen molar-refractivity contribution in [3.63, 3.8) is 0 Å². The normalized spacial score (nSPS) is 12.3. The van der Waals surface area contributed by atoms with E-state index in [0.717, 1.165) is 21.3 Å². The van der Waals surface area contributed by atoms with Crippen LogP contribution in [0.2, 0.25) is 5.02 Å². The van der Waals surface area contributed by atoms with Crippen LogP contribution in [0.25, 0.3) is 0 Å². The van der Waals surface area contributed by atoms with Crippen molar-refractivity contribution in [2.45, 2.75) is 19.9 Å². The summed E-state index contributed by atoms with van der Waals surface area (Å²) in [6.07, 6.45) is 0. The number of hydrogen-bond acceptors (Lipinski definition) is 2. The largest absolute Gasteiger partial charge is 0.496 e. The summed E-state index contributed by atoms with van der Waals surface area (Å²) >= 11 is 9.66. The summed E-state index contributed by atoms with van der Waals surface area (Å²) < 4.78 is 6.53. The molecule has 2 rings (SSSR count). The second kappa shape index (κ2) is 6.82. The van der Waals surface area contributed by atoms with Crippen LogP contribution in [0.4, 0.5) is 0 Å². The SMILES string of the molecule is CNC(c1ccc(Br)c(Cl)c1)c1ccc(C)c(C)c1OC. The zero-order valence-corrected chi connectivity index (χ0v) is 15.0. The van der Waals surface area contributed by atoms with Gasteiger partial charge in [-0.3, -0.25) is 0 Å². The van der Waals surface area contributed by atoms with Crippen LogP contribution in [-0.4, -0.2) is 14.2 Å². The van der Waals surface area contributed by atoms with Crippen LogP contribution >= 0.6 is 27.5 Å². The molecule has 2 aromatic carbocycles. The third-order valence-corrected chi connectivity index (χ3v) is 5.02. The Kier molecular flexibility index (Phi) is 5.31. The van der Waals surface area contributed by atoms with Crippen LogP contribution in [0.3, 0.4) is 0 Å². The summed E-state index contributed by atoms with van der Waals surface area (Å²) in [6, 6.07) is 10.3. The maximum Gasteiger partial charge on any atom is 0.127 e. The van der Waals surface area contributed by atoms with Gasteiger partial charge in [0, 0.05) is 10.0 Å². The first-order chi connectivity index (χ1) is 9.99. The van der Waals surface area contributed by atoms with Crippen molar-refractivity contribution >= 4 is 27.5 Å². The van der Waals surface area contributed by atoms with E-state index in [9.17, 15) is 0 Å². The molecule has 0 amide bonds. The molecular weight excluding hydrogens is 350 g/mol. The smallest absolute Gasteiger partial charge is 0.127 e. The van der Waals surface area contributed by atoms with E-state index in [0.29, 0.717) is 5.02 Å². The van der Waals surface area contributed by atoms with Crippen LogP contribution in [0.1, 0.15) is 28.3 Å². The number of ether oxygens (including phenoxy) is 1. The highest BCUT2D eigenvalue weighted by molar-refractivity contribution is 9.10. The Morgan fingerprint density at radius 1 is 1.19 bits per heavy atom. The lowest BCUT2D eigenvalue weighted by Gasteiger charge is -2.22. The molecule has 0 aliphatic rings. The fourth-order valence-corrected chi connectivity index (χ4v) is 2.94. The molecule has 0 fully saturated rings. The molecule has 0 spiro atoms. The first kappa shape index (κ1) is 16.3. The average Bonchev–Trinajstić information content (AvgIpc) is 2.47. The monoisotopic (exact) mass is 367 g/mol. The van der Waals surface area contributed by atoms with Crippen molar-refractivity contribution in [3.8, 4) is 5.75 Å². The lowest BCUT2D eigenvalue weighted by atomic mass is 9.94. The molecule has 2 nitrogen and oxygen atoms in total. The van der Waals surface area contributed by atoms with Crippen molar-refractivity contribution in [2.75, 3.05) is 14.2 Å². The summed E-state index contributed by atoms with van der Waals surface area (Å²) in [4.78, 5) is 0. The highest BCUT2D eigenvalue weighted by atomic mass is 79.9. The molecule has 112 valence electrons. The molecule has 0 heterocycles. The van der Waals surface area contributed by atoms with Crippen LogP contribution in [0.5, 0.6) is 5.75 Å². The second-order valence-corrected chi connectivity index (χ2v) is 6.29. The first-order valence-corrected chi connectivity index (χ1v) is 7.93. The molecule has 2 aromatic rings. The Morgan fingerprint density at radius 2 is 1.90 bits per heavy atom. The van der Waals surface area contributed by atoms with E-state index >= 15 is 0 Å². The minimum Gasteiger partial charge on any atom is -0.496 e. The van der Waals surface area contributed by atoms with Crippen molar-refractivity contribution in [2.24, 2.45) is 0 Å². The van der Waals surface area contributed by atoms with Gasteiger partial charge in [-0.05, 0) is 65.6 Å². The molecule has 0 saturated heterocycles. The van der Waals surface area contributed by atoms with Gasteiger partial charge in [-0.15, -0.1) is 0 Å². The van der Waals surface area contributed by atoms with Gasteiger partial charge >= 0.3 is 0 Å². The summed E-state index contributed by atoms with van der Waals surface area (Å²) in [5.41, 5.74) is 4.60. The van der Waals surface area contributed by atoms with Gasteiger partial charge in [-0.1, -0.05) is 29.8 Å². The maximum atomic E-state index is 6.23. The maximum absolute atomic E-state index is 6.23.